The van der Waals surface area contributed by atoms with E-state index in [1.807, 2.05) is 6.92 Å². The lowest BCUT2D eigenvalue weighted by atomic mass is 9.97. The summed E-state index contributed by atoms with van der Waals surface area (Å²) in [5.41, 5.74) is 5.08. The van der Waals surface area contributed by atoms with Crippen molar-refractivity contribution < 1.29 is 13.2 Å². The Balaban J connectivity index is 0.00000256. The molecule has 0 radical (unpaired) electrons. The average molecular weight is 288 g/mol. The molecule has 0 spiro atoms. The van der Waals surface area contributed by atoms with E-state index < -0.39 is 17.8 Å². The van der Waals surface area contributed by atoms with Crippen LogP contribution in [0.3, 0.4) is 0 Å². The molecular weight excluding hydrogens is 274 g/mol. The number of alkyl halides is 3. The minimum atomic E-state index is -4.41. The van der Waals surface area contributed by atoms with Gasteiger partial charge in [0.15, 0.2) is 0 Å². The first kappa shape index (κ1) is 16.6. The molecule has 0 aromatic heterocycles. The topological polar surface area (TPSA) is 26.0 Å². The second kappa shape index (κ2) is 6.47. The summed E-state index contributed by atoms with van der Waals surface area (Å²) >= 11 is 5.56. The third kappa shape index (κ3) is 4.37. The van der Waals surface area contributed by atoms with E-state index in [-0.39, 0.29) is 23.0 Å². The molecule has 1 nitrogen and oxygen atoms in total. The molecule has 0 fully saturated rings. The molecule has 0 saturated carbocycles. The first-order chi connectivity index (χ1) is 7.36. The number of rotatable bonds is 3. The maximum absolute atomic E-state index is 12.7. The zero-order valence-electron chi connectivity index (χ0n) is 9.22. The lowest BCUT2D eigenvalue weighted by molar-refractivity contribution is -0.138. The van der Waals surface area contributed by atoms with Crippen LogP contribution in [-0.2, 0) is 6.18 Å². The molecule has 1 atom stereocenters. The molecule has 0 bridgehead atoms. The Labute approximate surface area is 110 Å². The highest BCUT2D eigenvalue weighted by molar-refractivity contribution is 6.30. The number of hydrogen-bond donors (Lipinski definition) is 1. The highest BCUT2D eigenvalue weighted by atomic mass is 35.5. The van der Waals surface area contributed by atoms with E-state index in [0.717, 1.165) is 12.5 Å². The molecule has 17 heavy (non-hydrogen) atoms. The molecular formula is C11H14Cl2F3N. The lowest BCUT2D eigenvalue weighted by Gasteiger charge is -2.18. The SMILES string of the molecule is CCC[C@H](N)c1ccc(Cl)cc1C(F)(F)F.Cl. The fourth-order valence-corrected chi connectivity index (χ4v) is 1.74. The maximum atomic E-state index is 12.7. The Kier molecular flexibility index (Phi) is 6.30. The van der Waals surface area contributed by atoms with E-state index in [4.69, 9.17) is 17.3 Å². The standard InChI is InChI=1S/C11H13ClF3N.ClH/c1-2-3-10(16)8-5-4-7(12)6-9(8)11(13,14)15;/h4-6,10H,2-3,16H2,1H3;1H/t10-;/m0./s1. The van der Waals surface area contributed by atoms with Crippen molar-refractivity contribution >= 4 is 24.0 Å². The van der Waals surface area contributed by atoms with Crippen molar-refractivity contribution in [2.75, 3.05) is 0 Å². The summed E-state index contributed by atoms with van der Waals surface area (Å²) in [6.07, 6.45) is -3.16. The number of halogens is 5. The van der Waals surface area contributed by atoms with Crippen molar-refractivity contribution in [2.45, 2.75) is 32.0 Å². The van der Waals surface area contributed by atoms with Crippen LogP contribution in [0.1, 0.15) is 36.9 Å². The van der Waals surface area contributed by atoms with Crippen LogP contribution in [0.15, 0.2) is 18.2 Å². The number of hydrogen-bond acceptors (Lipinski definition) is 1. The van der Waals surface area contributed by atoms with Crippen molar-refractivity contribution in [2.24, 2.45) is 5.73 Å². The molecule has 6 heteroatoms. The van der Waals surface area contributed by atoms with Crippen LogP contribution in [0.2, 0.25) is 5.02 Å². The minimum Gasteiger partial charge on any atom is -0.324 e. The molecule has 1 aromatic rings. The van der Waals surface area contributed by atoms with Crippen LogP contribution in [0, 0.1) is 0 Å². The van der Waals surface area contributed by atoms with Gasteiger partial charge in [0.2, 0.25) is 0 Å². The Morgan fingerprint density at radius 3 is 2.41 bits per heavy atom. The van der Waals surface area contributed by atoms with Gasteiger partial charge in [0, 0.05) is 11.1 Å². The molecule has 2 N–H and O–H groups in total. The van der Waals surface area contributed by atoms with Gasteiger partial charge in [-0.1, -0.05) is 31.0 Å². The maximum Gasteiger partial charge on any atom is 0.416 e. The van der Waals surface area contributed by atoms with Gasteiger partial charge in [-0.25, -0.2) is 0 Å². The van der Waals surface area contributed by atoms with Crippen molar-refractivity contribution in [3.05, 3.63) is 34.3 Å². The molecule has 0 saturated heterocycles. The second-order valence-electron chi connectivity index (χ2n) is 3.62. The van der Waals surface area contributed by atoms with Crippen LogP contribution >= 0.6 is 24.0 Å². The van der Waals surface area contributed by atoms with E-state index in [2.05, 4.69) is 0 Å². The fraction of sp³-hybridized carbons (Fsp3) is 0.455. The van der Waals surface area contributed by atoms with E-state index in [1.165, 1.54) is 12.1 Å². The Morgan fingerprint density at radius 1 is 1.35 bits per heavy atom. The van der Waals surface area contributed by atoms with Crippen molar-refractivity contribution in [3.8, 4) is 0 Å². The molecule has 1 aromatic carbocycles. The highest BCUT2D eigenvalue weighted by Crippen LogP contribution is 2.36. The lowest BCUT2D eigenvalue weighted by Crippen LogP contribution is -2.17. The summed E-state index contributed by atoms with van der Waals surface area (Å²) in [7, 11) is 0. The van der Waals surface area contributed by atoms with Crippen LogP contribution in [-0.4, -0.2) is 0 Å². The molecule has 0 aliphatic heterocycles. The average Bonchev–Trinajstić information content (AvgIpc) is 2.16. The highest BCUT2D eigenvalue weighted by Gasteiger charge is 2.34. The zero-order valence-corrected chi connectivity index (χ0v) is 10.8. The summed E-state index contributed by atoms with van der Waals surface area (Å²) in [6.45, 7) is 1.88. The van der Waals surface area contributed by atoms with Crippen LogP contribution in [0.25, 0.3) is 0 Å². The molecule has 0 heterocycles. The van der Waals surface area contributed by atoms with Crippen molar-refractivity contribution in [1.82, 2.24) is 0 Å². The van der Waals surface area contributed by atoms with E-state index in [1.54, 1.807) is 0 Å². The van der Waals surface area contributed by atoms with Gasteiger partial charge in [-0.3, -0.25) is 0 Å². The van der Waals surface area contributed by atoms with Gasteiger partial charge >= 0.3 is 6.18 Å². The predicted molar refractivity (Wildman–Crippen MR) is 65.5 cm³/mol. The van der Waals surface area contributed by atoms with Gasteiger partial charge in [-0.05, 0) is 24.1 Å². The fourth-order valence-electron chi connectivity index (χ4n) is 1.56. The molecule has 1 rings (SSSR count). The predicted octanol–water partition coefficient (Wildman–Crippen LogP) is 4.58. The summed E-state index contributed by atoms with van der Waals surface area (Å²) in [6, 6.07) is 3.11. The Hall–Kier alpha value is -0.450. The van der Waals surface area contributed by atoms with Crippen molar-refractivity contribution in [3.63, 3.8) is 0 Å². The van der Waals surface area contributed by atoms with Gasteiger partial charge < -0.3 is 5.73 Å². The van der Waals surface area contributed by atoms with Gasteiger partial charge in [-0.2, -0.15) is 13.2 Å². The van der Waals surface area contributed by atoms with Crippen LogP contribution in [0.4, 0.5) is 13.2 Å². The molecule has 0 aliphatic carbocycles. The quantitative estimate of drug-likeness (QED) is 0.865. The summed E-state index contributed by atoms with van der Waals surface area (Å²) in [4.78, 5) is 0. The van der Waals surface area contributed by atoms with Crippen LogP contribution < -0.4 is 5.73 Å². The zero-order chi connectivity index (χ0) is 12.3. The third-order valence-corrected chi connectivity index (χ3v) is 2.55. The van der Waals surface area contributed by atoms with Gasteiger partial charge in [0.05, 0.1) is 5.56 Å². The first-order valence-electron chi connectivity index (χ1n) is 4.98. The molecule has 0 aliphatic rings. The minimum absolute atomic E-state index is 0. The first-order valence-corrected chi connectivity index (χ1v) is 5.36. The Bertz CT molecular complexity index is 366. The summed E-state index contributed by atoms with van der Waals surface area (Å²) < 4.78 is 38.1. The van der Waals surface area contributed by atoms with Gasteiger partial charge in [0.25, 0.3) is 0 Å². The summed E-state index contributed by atoms with van der Waals surface area (Å²) in [5.74, 6) is 0. The molecule has 0 unspecified atom stereocenters. The molecule has 98 valence electrons. The normalized spacial score (nSPS) is 13.1. The van der Waals surface area contributed by atoms with Crippen molar-refractivity contribution in [1.29, 1.82) is 0 Å². The van der Waals surface area contributed by atoms with E-state index in [9.17, 15) is 13.2 Å². The van der Waals surface area contributed by atoms with Gasteiger partial charge in [-0.15, -0.1) is 12.4 Å². The second-order valence-corrected chi connectivity index (χ2v) is 4.06. The van der Waals surface area contributed by atoms with E-state index >= 15 is 0 Å². The number of benzene rings is 1. The van der Waals surface area contributed by atoms with Crippen LogP contribution in [0.5, 0.6) is 0 Å². The van der Waals surface area contributed by atoms with E-state index in [0.29, 0.717) is 6.42 Å². The molecule has 0 amide bonds. The largest absolute Gasteiger partial charge is 0.416 e. The summed E-state index contributed by atoms with van der Waals surface area (Å²) in [5, 5.41) is 0.0692. The number of nitrogens with two attached hydrogens (primary N) is 1. The Morgan fingerprint density at radius 2 is 1.94 bits per heavy atom. The third-order valence-electron chi connectivity index (χ3n) is 2.32. The smallest absolute Gasteiger partial charge is 0.324 e. The monoisotopic (exact) mass is 287 g/mol. The van der Waals surface area contributed by atoms with Gasteiger partial charge in [0.1, 0.15) is 0 Å².